The highest BCUT2D eigenvalue weighted by atomic mass is 16.6. The van der Waals surface area contributed by atoms with Crippen molar-refractivity contribution in [1.82, 2.24) is 15.0 Å². The lowest BCUT2D eigenvalue weighted by Gasteiger charge is -2.09. The second kappa shape index (κ2) is 5.28. The summed E-state index contributed by atoms with van der Waals surface area (Å²) >= 11 is 0. The van der Waals surface area contributed by atoms with Crippen LogP contribution in [0.1, 0.15) is 30.2 Å². The molecule has 1 aromatic carbocycles. The molecule has 0 aliphatic heterocycles. The minimum atomic E-state index is -0.407. The van der Waals surface area contributed by atoms with E-state index in [4.69, 9.17) is 5.73 Å². The number of anilines is 1. The number of nitro groups is 1. The molecule has 2 N–H and O–H groups in total. The average Bonchev–Trinajstić information content (AvgIpc) is 2.74. The molecule has 2 aromatic rings. The number of nitrogens with two attached hydrogens (primary N) is 1. The van der Waals surface area contributed by atoms with Crippen molar-refractivity contribution < 1.29 is 4.92 Å². The average molecular weight is 275 g/mol. The lowest BCUT2D eigenvalue weighted by Crippen LogP contribution is -2.07. The zero-order valence-electron chi connectivity index (χ0n) is 11.8. The number of aromatic nitrogens is 3. The van der Waals surface area contributed by atoms with Crippen molar-refractivity contribution in [3.8, 4) is 5.69 Å². The number of aryl methyl sites for hydroxylation is 2. The number of hydrogen-bond acceptors (Lipinski definition) is 5. The van der Waals surface area contributed by atoms with E-state index in [1.807, 2.05) is 20.8 Å². The first-order valence-corrected chi connectivity index (χ1v) is 6.41. The maximum Gasteiger partial charge on any atom is 0.295 e. The third-order valence-corrected chi connectivity index (χ3v) is 3.30. The van der Waals surface area contributed by atoms with Crippen LogP contribution in [0.3, 0.4) is 0 Å². The van der Waals surface area contributed by atoms with E-state index in [0.717, 1.165) is 17.5 Å². The zero-order valence-corrected chi connectivity index (χ0v) is 11.8. The predicted molar refractivity (Wildman–Crippen MR) is 75.9 cm³/mol. The molecule has 0 unspecified atom stereocenters. The minimum absolute atomic E-state index is 0.00959. The summed E-state index contributed by atoms with van der Waals surface area (Å²) in [5.74, 6) is 0.319. The predicted octanol–water partition coefficient (Wildman–Crippen LogP) is 2.33. The summed E-state index contributed by atoms with van der Waals surface area (Å²) in [5, 5.41) is 19.0. The number of benzene rings is 1. The van der Waals surface area contributed by atoms with Gasteiger partial charge in [-0.05, 0) is 37.5 Å². The van der Waals surface area contributed by atoms with Crippen LogP contribution in [-0.2, 0) is 6.42 Å². The second-order valence-corrected chi connectivity index (χ2v) is 4.77. The van der Waals surface area contributed by atoms with Crippen LogP contribution in [0.15, 0.2) is 12.1 Å². The number of hydrogen-bond donors (Lipinski definition) is 1. The molecular weight excluding hydrogens is 258 g/mol. The van der Waals surface area contributed by atoms with Gasteiger partial charge in [0, 0.05) is 6.07 Å². The Morgan fingerprint density at radius 2 is 2.00 bits per heavy atom. The van der Waals surface area contributed by atoms with E-state index in [1.165, 1.54) is 4.68 Å². The van der Waals surface area contributed by atoms with Crippen molar-refractivity contribution in [1.29, 1.82) is 0 Å². The topological polar surface area (TPSA) is 99.9 Å². The van der Waals surface area contributed by atoms with Crippen LogP contribution in [0.2, 0.25) is 0 Å². The van der Waals surface area contributed by atoms with Gasteiger partial charge in [0.15, 0.2) is 5.82 Å². The van der Waals surface area contributed by atoms with Crippen molar-refractivity contribution in [2.75, 3.05) is 5.73 Å². The Morgan fingerprint density at radius 3 is 2.60 bits per heavy atom. The Hall–Kier alpha value is -2.44. The Kier molecular flexibility index (Phi) is 3.69. The molecule has 0 aliphatic carbocycles. The number of nitrogens with zero attached hydrogens (tertiary/aromatic N) is 4. The van der Waals surface area contributed by atoms with Gasteiger partial charge in [-0.1, -0.05) is 18.6 Å². The summed E-state index contributed by atoms with van der Waals surface area (Å²) in [4.78, 5) is 10.8. The van der Waals surface area contributed by atoms with Crippen molar-refractivity contribution >= 4 is 11.5 Å². The fourth-order valence-electron chi connectivity index (χ4n) is 2.08. The van der Waals surface area contributed by atoms with Gasteiger partial charge in [-0.3, -0.25) is 10.1 Å². The first-order valence-electron chi connectivity index (χ1n) is 6.41. The first kappa shape index (κ1) is 14.0. The van der Waals surface area contributed by atoms with Gasteiger partial charge in [0.25, 0.3) is 5.69 Å². The molecule has 0 saturated heterocycles. The fourth-order valence-corrected chi connectivity index (χ4v) is 2.08. The summed E-state index contributed by atoms with van der Waals surface area (Å²) in [6, 6.07) is 3.30. The Morgan fingerprint density at radius 1 is 1.35 bits per heavy atom. The molecule has 0 atom stereocenters. The molecule has 0 saturated carbocycles. The summed E-state index contributed by atoms with van der Waals surface area (Å²) < 4.78 is 1.48. The van der Waals surface area contributed by atoms with Crippen molar-refractivity contribution in [3.63, 3.8) is 0 Å². The Bertz CT molecular complexity index is 663. The SMILES string of the molecule is CCCc1c(N)nnn1-c1cc(C)c(C)cc1[N+](=O)[O-]. The monoisotopic (exact) mass is 275 g/mol. The minimum Gasteiger partial charge on any atom is -0.381 e. The van der Waals surface area contributed by atoms with E-state index >= 15 is 0 Å². The molecule has 0 amide bonds. The summed E-state index contributed by atoms with van der Waals surface area (Å²) in [6.07, 6.45) is 1.53. The number of rotatable bonds is 4. The van der Waals surface area contributed by atoms with E-state index in [2.05, 4.69) is 10.3 Å². The van der Waals surface area contributed by atoms with Crippen LogP contribution in [0.4, 0.5) is 11.5 Å². The molecule has 20 heavy (non-hydrogen) atoms. The summed E-state index contributed by atoms with van der Waals surface area (Å²) in [7, 11) is 0. The first-order chi connectivity index (χ1) is 9.45. The molecule has 2 rings (SSSR count). The van der Waals surface area contributed by atoms with Gasteiger partial charge in [-0.15, -0.1) is 5.10 Å². The number of nitro benzene ring substituents is 1. The lowest BCUT2D eigenvalue weighted by molar-refractivity contribution is -0.384. The quantitative estimate of drug-likeness (QED) is 0.681. The van der Waals surface area contributed by atoms with Gasteiger partial charge >= 0.3 is 0 Å². The van der Waals surface area contributed by atoms with Crippen LogP contribution in [0.5, 0.6) is 0 Å². The van der Waals surface area contributed by atoms with Crippen molar-refractivity contribution in [2.24, 2.45) is 0 Å². The van der Waals surface area contributed by atoms with E-state index in [-0.39, 0.29) is 5.69 Å². The molecule has 7 nitrogen and oxygen atoms in total. The third-order valence-electron chi connectivity index (χ3n) is 3.30. The van der Waals surface area contributed by atoms with Crippen LogP contribution < -0.4 is 5.73 Å². The smallest absolute Gasteiger partial charge is 0.295 e. The molecule has 0 radical (unpaired) electrons. The zero-order chi connectivity index (χ0) is 14.9. The standard InChI is InChI=1S/C13H17N5O2/c1-4-5-10-13(14)15-16-17(10)11-6-8(2)9(3)7-12(11)18(19)20/h6-7H,4-5,14H2,1-3H3. The van der Waals surface area contributed by atoms with E-state index in [0.29, 0.717) is 23.6 Å². The normalized spacial score (nSPS) is 10.8. The number of nitrogen functional groups attached to an aromatic ring is 1. The molecular formula is C13H17N5O2. The highest BCUT2D eigenvalue weighted by Crippen LogP contribution is 2.28. The van der Waals surface area contributed by atoms with Crippen molar-refractivity contribution in [2.45, 2.75) is 33.6 Å². The largest absolute Gasteiger partial charge is 0.381 e. The fraction of sp³-hybridized carbons (Fsp3) is 0.385. The van der Waals surface area contributed by atoms with Gasteiger partial charge in [-0.25, -0.2) is 4.68 Å². The molecule has 0 fully saturated rings. The van der Waals surface area contributed by atoms with E-state index in [9.17, 15) is 10.1 Å². The highest BCUT2D eigenvalue weighted by Gasteiger charge is 2.21. The van der Waals surface area contributed by atoms with Gasteiger partial charge in [0.1, 0.15) is 5.69 Å². The van der Waals surface area contributed by atoms with Crippen LogP contribution in [-0.4, -0.2) is 19.9 Å². The summed E-state index contributed by atoms with van der Waals surface area (Å²) in [6.45, 7) is 5.75. The molecule has 0 spiro atoms. The Balaban J connectivity index is 2.69. The molecule has 1 heterocycles. The molecule has 106 valence electrons. The maximum absolute atomic E-state index is 11.2. The molecule has 0 bridgehead atoms. The van der Waals surface area contributed by atoms with Gasteiger partial charge in [0.2, 0.25) is 0 Å². The summed E-state index contributed by atoms with van der Waals surface area (Å²) in [5.41, 5.74) is 8.75. The maximum atomic E-state index is 11.2. The lowest BCUT2D eigenvalue weighted by atomic mass is 10.1. The Labute approximate surface area is 116 Å². The van der Waals surface area contributed by atoms with Crippen molar-refractivity contribution in [3.05, 3.63) is 39.1 Å². The van der Waals surface area contributed by atoms with Gasteiger partial charge in [0.05, 0.1) is 10.6 Å². The third kappa shape index (κ3) is 2.34. The van der Waals surface area contributed by atoms with Crippen LogP contribution in [0.25, 0.3) is 5.69 Å². The van der Waals surface area contributed by atoms with E-state index in [1.54, 1.807) is 12.1 Å². The highest BCUT2D eigenvalue weighted by molar-refractivity contribution is 5.58. The van der Waals surface area contributed by atoms with Gasteiger partial charge < -0.3 is 5.73 Å². The van der Waals surface area contributed by atoms with Crippen LogP contribution in [0, 0.1) is 24.0 Å². The molecule has 7 heteroatoms. The van der Waals surface area contributed by atoms with Gasteiger partial charge in [-0.2, -0.15) is 0 Å². The van der Waals surface area contributed by atoms with Crippen LogP contribution >= 0.6 is 0 Å². The second-order valence-electron chi connectivity index (χ2n) is 4.77. The van der Waals surface area contributed by atoms with E-state index < -0.39 is 4.92 Å². The molecule has 1 aromatic heterocycles. The molecule has 0 aliphatic rings.